The Morgan fingerprint density at radius 2 is 0.966 bits per heavy atom. The van der Waals surface area contributed by atoms with E-state index in [0.29, 0.717) is 5.69 Å². The van der Waals surface area contributed by atoms with Gasteiger partial charge < -0.3 is 121 Å². The van der Waals surface area contributed by atoms with Crippen LogP contribution in [0.5, 0.6) is 0 Å². The fraction of sp³-hybridized carbons (Fsp3) is 0.609. The summed E-state index contributed by atoms with van der Waals surface area (Å²) in [7, 11) is 3.28. The Hall–Kier alpha value is -10.6. The number of aliphatic carboxylic acids is 1. The third kappa shape index (κ3) is 28.3. The smallest absolute Gasteiger partial charge is 0.303 e. The van der Waals surface area contributed by atoms with Crippen molar-refractivity contribution in [2.75, 3.05) is 49.3 Å². The summed E-state index contributed by atoms with van der Waals surface area (Å²) in [6, 6.07) is -24.3. The quantitative estimate of drug-likeness (QED) is 0.0496. The lowest BCUT2D eigenvalue weighted by molar-refractivity contribution is -0.143. The van der Waals surface area contributed by atoms with Gasteiger partial charge >= 0.3 is 5.97 Å². The van der Waals surface area contributed by atoms with Gasteiger partial charge in [-0.25, -0.2) is 15.0 Å². The molecule has 4 saturated heterocycles. The molecular weight excluding hydrogens is 1610 g/mol. The Labute approximate surface area is 686 Å². The second kappa shape index (κ2) is 45.8. The summed E-state index contributed by atoms with van der Waals surface area (Å²) in [6.07, 6.45) is 5.08. The van der Waals surface area contributed by atoms with Crippen LogP contribution in [0, 0.1) is 11.8 Å². The molecule has 3 aromatic heterocycles. The summed E-state index contributed by atoms with van der Waals surface area (Å²) >= 11 is 0. The Bertz CT molecular complexity index is 4020. The van der Waals surface area contributed by atoms with E-state index in [-0.39, 0.29) is 88.2 Å². The normalized spacial score (nSPS) is 27.5. The topological polar surface area (TPSA) is 675 Å². The summed E-state index contributed by atoms with van der Waals surface area (Å²) in [5.41, 5.74) is 18.1. The first kappa shape index (κ1) is 93.6. The highest BCUT2D eigenvalue weighted by Gasteiger charge is 2.44. The van der Waals surface area contributed by atoms with Gasteiger partial charge in [-0.15, -0.1) is 0 Å². The highest BCUT2D eigenvalue weighted by Crippen LogP contribution is 2.28. The van der Waals surface area contributed by atoms with E-state index in [2.05, 4.69) is 99.0 Å². The first-order valence-corrected chi connectivity index (χ1v) is 42.7. The average molecular weight is 1720 g/mol. The van der Waals surface area contributed by atoms with Gasteiger partial charge in [0.05, 0.1) is 38.6 Å². The van der Waals surface area contributed by atoms with Crippen molar-refractivity contribution in [2.45, 2.75) is 202 Å². The van der Waals surface area contributed by atoms with Crippen molar-refractivity contribution in [1.82, 2.24) is 109 Å². The van der Waals surface area contributed by atoms with E-state index in [4.69, 9.17) is 17.2 Å². The van der Waals surface area contributed by atoms with Crippen molar-refractivity contribution < 1.29 is 96.5 Å². The van der Waals surface area contributed by atoms with E-state index < -0.39 is 258 Å². The lowest BCUT2D eigenvalue weighted by Crippen LogP contribution is -2.62. The van der Waals surface area contributed by atoms with Gasteiger partial charge in [0, 0.05) is 97.5 Å². The summed E-state index contributed by atoms with van der Waals surface area (Å²) in [4.78, 5) is 280. The molecule has 0 aromatic carbocycles. The molecule has 0 aliphatic carbocycles. The van der Waals surface area contributed by atoms with Gasteiger partial charge in [0.25, 0.3) is 0 Å². The number of aliphatic hydroxyl groups is 1. The van der Waals surface area contributed by atoms with Crippen LogP contribution in [0.2, 0.25) is 0 Å². The van der Waals surface area contributed by atoms with Gasteiger partial charge in [0.2, 0.25) is 100 Å². The summed E-state index contributed by atoms with van der Waals surface area (Å²) in [5, 5.41) is 53.7. The van der Waals surface area contributed by atoms with Crippen molar-refractivity contribution >= 4 is 150 Å². The molecule has 48 heteroatoms. The molecule has 16 atom stereocenters. The number of primary amides is 2. The number of amides is 17. The molecule has 17 amide bonds. The number of carboxylic acids is 1. The molecule has 3 aromatic rings. The molecule has 0 saturated carbocycles. The molecule has 4 aliphatic rings. The van der Waals surface area contributed by atoms with Crippen LogP contribution in [0.3, 0.4) is 0 Å². The number of hydrogen-bond donors (Lipinski definition) is 21. The first-order valence-electron chi connectivity index (χ1n) is 37.7. The zero-order valence-electron chi connectivity index (χ0n) is 64.8. The lowest BCUT2D eigenvalue weighted by atomic mass is 9.96. The SMILES string of the molecule is CC[C@H](C)[C@@H]1NC(=O)[C@H](Cc2cnc[nH]2)NC(=O)[C@@H]2CSSC[C@H](NC(=O)CN)C(=O)N[C@@H](CSSC[C@@H](C(N)=O)NC(=O)[C@H](CC(C)C)NC(=O)[C@H](CCC(=O)O)NC(=O)[C@@H]3CCCN3C(=O)[C@H](Cc3cnc[nH]3)NC(=O)[C@H](CC(N)=O)NC1=O)C(=O)N[C@@H](CO)C(=O)N[C@@H](Cc1cnc[nH]1)C(=O)N1CCC[C@H]1C(=O)N[C@@H](C)C(=O)N2. The van der Waals surface area contributed by atoms with E-state index in [9.17, 15) is 82.1 Å². The second-order valence-corrected chi connectivity index (χ2v) is 33.8. The molecule has 7 heterocycles. The number of nitrogens with two attached hydrogens (primary N) is 3. The predicted molar refractivity (Wildman–Crippen MR) is 422 cm³/mol. The van der Waals surface area contributed by atoms with Gasteiger partial charge in [0.15, 0.2) is 0 Å². The van der Waals surface area contributed by atoms with Crippen LogP contribution in [0.1, 0.15) is 109 Å². The van der Waals surface area contributed by atoms with Crippen molar-refractivity contribution in [1.29, 1.82) is 0 Å². The molecular formula is C69H102N24O20S4. The van der Waals surface area contributed by atoms with Gasteiger partial charge in [-0.05, 0) is 57.3 Å². The van der Waals surface area contributed by atoms with Gasteiger partial charge in [-0.3, -0.25) is 86.3 Å². The van der Waals surface area contributed by atoms with E-state index >= 15 is 14.4 Å². The second-order valence-electron chi connectivity index (χ2n) is 28.7. The molecule has 4 aliphatic heterocycles. The Balaban J connectivity index is 1.33. The van der Waals surface area contributed by atoms with Crippen molar-refractivity contribution in [2.24, 2.45) is 29.0 Å². The fourth-order valence-corrected chi connectivity index (χ4v) is 17.5. The average Bonchev–Trinajstić information content (AvgIpc) is 1.74. The number of rotatable bonds is 19. The monoisotopic (exact) mass is 1710 g/mol. The Morgan fingerprint density at radius 3 is 1.45 bits per heavy atom. The zero-order chi connectivity index (χ0) is 85.7. The highest BCUT2D eigenvalue weighted by molar-refractivity contribution is 8.77. The minimum Gasteiger partial charge on any atom is -0.481 e. The number of imidazole rings is 3. The summed E-state index contributed by atoms with van der Waals surface area (Å²) in [6.45, 7) is 5.90. The van der Waals surface area contributed by atoms with Gasteiger partial charge in [-0.2, -0.15) is 0 Å². The lowest BCUT2D eigenvalue weighted by Gasteiger charge is -2.31. The maximum Gasteiger partial charge on any atom is 0.303 e. The standard InChI is InChI=1S/C69H102N24O20S4/c1-6-33(4)54-67(111)84-41(19-51(71)95)59(103)85-42(17-36-22-74-30-77-36)68(112)93-14-8-10-50(93)66(110)81-38(11-12-53(97)98)57(101)82-39(15-32(2)3)58(102)88-45(55(72)99)25-114-116-28-48-64(108)87-44(24-94)61(105)86-43(18-37-23-75-31-78-37)69(113)92-13-7-9-49(92)65(109)79-34(5)56(100)89-47(27-117-115-26-46(62(106)90-48)80-52(96)20-70)63(107)83-40(60(104)91-54)16-35-21-73-29-76-35/h21-23,29-34,38-50,54,94H,6-20,24-28,70H2,1-5H3,(H2,71,95)(H2,72,99)(H,73,76)(H,74,77)(H,75,78)(H,79,109)(H,80,96)(H,81,110)(H,82,101)(H,83,107)(H,84,111)(H,85,103)(H,86,105)(H,87,108)(H,88,102)(H,89,100)(H,90,106)(H,91,104)(H,97,98)/t33-,34-,38-,39-,40-,41-,42-,43-,44-,45-,46-,47-,48-,49-,50-,54-/m0/s1. The molecule has 2 bridgehead atoms. The van der Waals surface area contributed by atoms with Crippen molar-refractivity contribution in [3.8, 4) is 0 Å². The number of aromatic amines is 3. The number of carboxylic acid groups (broad SMARTS) is 1. The number of carbonyl (C=O) groups is 18. The molecule has 24 N–H and O–H groups in total. The van der Waals surface area contributed by atoms with Crippen molar-refractivity contribution in [3.05, 3.63) is 54.7 Å². The van der Waals surface area contributed by atoms with E-state index in [1.54, 1.807) is 27.7 Å². The minimum atomic E-state index is -1.89. The Morgan fingerprint density at radius 1 is 0.521 bits per heavy atom. The number of nitrogens with one attached hydrogen (secondary N) is 16. The Kier molecular flexibility index (Phi) is 36.6. The maximum absolute atomic E-state index is 15.1. The molecule has 7 rings (SSSR count). The van der Waals surface area contributed by atoms with E-state index in [1.165, 1.54) is 49.4 Å². The summed E-state index contributed by atoms with van der Waals surface area (Å²) < 4.78 is 0. The molecule has 0 spiro atoms. The number of nitrogens with zero attached hydrogens (tertiary/aromatic N) is 5. The van der Waals surface area contributed by atoms with E-state index in [1.807, 2.05) is 0 Å². The minimum absolute atomic E-state index is 0.0390. The zero-order valence-corrected chi connectivity index (χ0v) is 68.0. The van der Waals surface area contributed by atoms with Crippen LogP contribution in [-0.2, 0) is 106 Å². The van der Waals surface area contributed by atoms with Gasteiger partial charge in [-0.1, -0.05) is 77.3 Å². The van der Waals surface area contributed by atoms with Crippen LogP contribution in [0.25, 0.3) is 0 Å². The number of aliphatic hydroxyl groups excluding tert-OH is 1. The molecule has 0 unspecified atom stereocenters. The molecule has 44 nitrogen and oxygen atoms in total. The number of H-pyrrole nitrogens is 3. The van der Waals surface area contributed by atoms with Gasteiger partial charge in [0.1, 0.15) is 90.6 Å². The van der Waals surface area contributed by atoms with Crippen molar-refractivity contribution in [3.63, 3.8) is 0 Å². The van der Waals surface area contributed by atoms with Crippen LogP contribution < -0.4 is 86.3 Å². The number of aromatic nitrogens is 6. The van der Waals surface area contributed by atoms with Crippen LogP contribution in [0.15, 0.2) is 37.6 Å². The molecule has 0 radical (unpaired) electrons. The number of hydrogen-bond acceptors (Lipinski definition) is 27. The van der Waals surface area contributed by atoms with Crippen LogP contribution >= 0.6 is 43.2 Å². The van der Waals surface area contributed by atoms with Crippen LogP contribution in [-0.4, -0.2) is 296 Å². The summed E-state index contributed by atoms with van der Waals surface area (Å²) in [5.74, 6) is -21.8. The molecule has 642 valence electrons. The molecule has 4 fully saturated rings. The first-order chi connectivity index (χ1) is 55.7. The maximum atomic E-state index is 15.1. The van der Waals surface area contributed by atoms with E-state index in [0.717, 1.165) is 48.1 Å². The third-order valence-corrected chi connectivity index (χ3v) is 24.2. The van der Waals surface area contributed by atoms with Crippen LogP contribution in [0.4, 0.5) is 0 Å². The predicted octanol–water partition coefficient (Wildman–Crippen LogP) is -7.75. The highest BCUT2D eigenvalue weighted by atomic mass is 33.1. The molecule has 117 heavy (non-hydrogen) atoms. The number of fused-ring (bicyclic) bond motifs is 10. The largest absolute Gasteiger partial charge is 0.481 e. The number of carbonyl (C=O) groups excluding carboxylic acids is 17. The third-order valence-electron chi connectivity index (χ3n) is 19.4. The fourth-order valence-electron chi connectivity index (χ4n) is 12.8.